The molecule has 0 bridgehead atoms. The monoisotopic (exact) mass is 255 g/mol. The molecule has 18 heavy (non-hydrogen) atoms. The lowest BCUT2D eigenvalue weighted by Gasteiger charge is -2.07. The largest absolute Gasteiger partial charge is 0.497 e. The van der Waals surface area contributed by atoms with Crippen molar-refractivity contribution in [1.29, 1.82) is 0 Å². The lowest BCUT2D eigenvalue weighted by molar-refractivity contribution is 0.415. The third-order valence-corrected chi connectivity index (χ3v) is 3.89. The SMILES string of the molecule is COc1ccc2nc(-c3cccs3)cc(C)c2c1. The van der Waals surface area contributed by atoms with Gasteiger partial charge in [-0.2, -0.15) is 0 Å². The van der Waals surface area contributed by atoms with Crippen molar-refractivity contribution >= 4 is 22.2 Å². The number of hydrogen-bond donors (Lipinski definition) is 0. The maximum atomic E-state index is 5.25. The van der Waals surface area contributed by atoms with Gasteiger partial charge < -0.3 is 4.74 Å². The number of benzene rings is 1. The van der Waals surface area contributed by atoms with E-state index in [0.717, 1.165) is 22.3 Å². The first-order valence-electron chi connectivity index (χ1n) is 5.77. The van der Waals surface area contributed by atoms with Gasteiger partial charge in [0.25, 0.3) is 0 Å². The number of hydrogen-bond acceptors (Lipinski definition) is 3. The number of methoxy groups -OCH3 is 1. The summed E-state index contributed by atoms with van der Waals surface area (Å²) in [6.07, 6.45) is 0. The van der Waals surface area contributed by atoms with Crippen LogP contribution in [0.4, 0.5) is 0 Å². The lowest BCUT2D eigenvalue weighted by atomic mass is 10.1. The summed E-state index contributed by atoms with van der Waals surface area (Å²) in [6.45, 7) is 2.11. The Morgan fingerprint density at radius 3 is 2.78 bits per heavy atom. The van der Waals surface area contributed by atoms with Crippen LogP contribution in [-0.4, -0.2) is 12.1 Å². The van der Waals surface area contributed by atoms with E-state index in [4.69, 9.17) is 9.72 Å². The molecule has 0 saturated carbocycles. The molecule has 90 valence electrons. The van der Waals surface area contributed by atoms with E-state index in [1.165, 1.54) is 10.4 Å². The Morgan fingerprint density at radius 2 is 2.06 bits per heavy atom. The molecule has 0 saturated heterocycles. The van der Waals surface area contributed by atoms with Crippen LogP contribution in [0.15, 0.2) is 41.8 Å². The smallest absolute Gasteiger partial charge is 0.119 e. The van der Waals surface area contributed by atoms with Gasteiger partial charge in [0.15, 0.2) is 0 Å². The normalized spacial score (nSPS) is 10.8. The van der Waals surface area contributed by atoms with Gasteiger partial charge in [-0.05, 0) is 48.2 Å². The molecule has 0 atom stereocenters. The first-order chi connectivity index (χ1) is 8.78. The van der Waals surface area contributed by atoms with Gasteiger partial charge >= 0.3 is 0 Å². The molecule has 0 aliphatic carbocycles. The van der Waals surface area contributed by atoms with E-state index in [9.17, 15) is 0 Å². The number of aryl methyl sites for hydroxylation is 1. The summed E-state index contributed by atoms with van der Waals surface area (Å²) in [4.78, 5) is 5.91. The highest BCUT2D eigenvalue weighted by Crippen LogP contribution is 2.29. The molecule has 0 radical (unpaired) electrons. The number of thiophene rings is 1. The summed E-state index contributed by atoms with van der Waals surface area (Å²) >= 11 is 1.71. The fourth-order valence-corrected chi connectivity index (χ4v) is 2.74. The minimum absolute atomic E-state index is 0.872. The number of pyridine rings is 1. The molecule has 3 aromatic rings. The zero-order valence-electron chi connectivity index (χ0n) is 10.3. The maximum Gasteiger partial charge on any atom is 0.119 e. The van der Waals surface area contributed by atoms with Crippen LogP contribution in [0, 0.1) is 6.92 Å². The van der Waals surface area contributed by atoms with Gasteiger partial charge in [-0.1, -0.05) is 6.07 Å². The van der Waals surface area contributed by atoms with Crippen LogP contribution in [0.1, 0.15) is 5.56 Å². The van der Waals surface area contributed by atoms with Crippen molar-refractivity contribution < 1.29 is 4.74 Å². The van der Waals surface area contributed by atoms with E-state index < -0.39 is 0 Å². The molecular formula is C15H13NOS. The van der Waals surface area contributed by atoms with Crippen LogP contribution >= 0.6 is 11.3 Å². The Kier molecular flexibility index (Phi) is 2.76. The van der Waals surface area contributed by atoms with Gasteiger partial charge in [0.05, 0.1) is 23.2 Å². The summed E-state index contributed by atoms with van der Waals surface area (Å²) < 4.78 is 5.25. The van der Waals surface area contributed by atoms with Gasteiger partial charge in [0.2, 0.25) is 0 Å². The Bertz CT molecular complexity index is 689. The topological polar surface area (TPSA) is 22.1 Å². The maximum absolute atomic E-state index is 5.25. The summed E-state index contributed by atoms with van der Waals surface area (Å²) in [5.74, 6) is 0.872. The van der Waals surface area contributed by atoms with E-state index >= 15 is 0 Å². The Hall–Kier alpha value is -1.87. The van der Waals surface area contributed by atoms with Crippen LogP contribution in [-0.2, 0) is 0 Å². The standard InChI is InChI=1S/C15H13NOS/c1-10-8-14(15-4-3-7-18-15)16-13-6-5-11(17-2)9-12(10)13/h3-9H,1-2H3. The van der Waals surface area contributed by atoms with Crippen LogP contribution in [0.25, 0.3) is 21.5 Å². The van der Waals surface area contributed by atoms with Gasteiger partial charge in [0, 0.05) is 5.39 Å². The summed E-state index contributed by atoms with van der Waals surface area (Å²) in [5.41, 5.74) is 3.28. The second-order valence-corrected chi connectivity index (χ2v) is 5.13. The van der Waals surface area contributed by atoms with E-state index in [1.807, 2.05) is 18.2 Å². The molecule has 2 aromatic heterocycles. The average molecular weight is 255 g/mol. The minimum Gasteiger partial charge on any atom is -0.497 e. The van der Waals surface area contributed by atoms with Gasteiger partial charge in [0.1, 0.15) is 5.75 Å². The number of nitrogens with zero attached hydrogens (tertiary/aromatic N) is 1. The first-order valence-corrected chi connectivity index (χ1v) is 6.65. The molecule has 0 aliphatic heterocycles. The number of fused-ring (bicyclic) bond motifs is 1. The zero-order valence-corrected chi connectivity index (χ0v) is 11.1. The molecular weight excluding hydrogens is 242 g/mol. The number of rotatable bonds is 2. The fraction of sp³-hybridized carbons (Fsp3) is 0.133. The van der Waals surface area contributed by atoms with Crippen LogP contribution < -0.4 is 4.74 Å². The summed E-state index contributed by atoms with van der Waals surface area (Å²) in [7, 11) is 1.68. The van der Waals surface area contributed by atoms with E-state index in [0.29, 0.717) is 0 Å². The van der Waals surface area contributed by atoms with E-state index in [-0.39, 0.29) is 0 Å². The van der Waals surface area contributed by atoms with Crippen molar-refractivity contribution in [1.82, 2.24) is 4.98 Å². The molecule has 0 amide bonds. The van der Waals surface area contributed by atoms with E-state index in [2.05, 4.69) is 30.5 Å². The van der Waals surface area contributed by atoms with Crippen molar-refractivity contribution in [2.75, 3.05) is 7.11 Å². The van der Waals surface area contributed by atoms with Crippen molar-refractivity contribution in [2.45, 2.75) is 6.92 Å². The zero-order chi connectivity index (χ0) is 12.5. The summed E-state index contributed by atoms with van der Waals surface area (Å²) in [5, 5.41) is 3.22. The highest BCUT2D eigenvalue weighted by Gasteiger charge is 2.06. The number of aromatic nitrogens is 1. The minimum atomic E-state index is 0.872. The number of ether oxygens (including phenoxy) is 1. The fourth-order valence-electron chi connectivity index (χ4n) is 2.05. The van der Waals surface area contributed by atoms with Crippen LogP contribution in [0.5, 0.6) is 5.75 Å². The van der Waals surface area contributed by atoms with Gasteiger partial charge in [-0.15, -0.1) is 11.3 Å². The molecule has 0 unspecified atom stereocenters. The predicted molar refractivity (Wildman–Crippen MR) is 76.3 cm³/mol. The molecule has 0 aliphatic rings. The van der Waals surface area contributed by atoms with Crippen molar-refractivity contribution in [3.63, 3.8) is 0 Å². The molecule has 2 heterocycles. The third kappa shape index (κ3) is 1.87. The molecule has 1 aromatic carbocycles. The average Bonchev–Trinajstić information content (AvgIpc) is 2.92. The van der Waals surface area contributed by atoms with Gasteiger partial charge in [-0.3, -0.25) is 0 Å². The Balaban J connectivity index is 2.22. The lowest BCUT2D eigenvalue weighted by Crippen LogP contribution is -1.89. The quantitative estimate of drug-likeness (QED) is 0.682. The molecule has 0 fully saturated rings. The predicted octanol–water partition coefficient (Wildman–Crippen LogP) is 4.28. The molecule has 0 spiro atoms. The summed E-state index contributed by atoms with van der Waals surface area (Å²) in [6, 6.07) is 12.3. The second kappa shape index (κ2) is 4.42. The van der Waals surface area contributed by atoms with Gasteiger partial charge in [-0.25, -0.2) is 4.98 Å². The van der Waals surface area contributed by atoms with Crippen LogP contribution in [0.2, 0.25) is 0 Å². The molecule has 0 N–H and O–H groups in total. The highest BCUT2D eigenvalue weighted by molar-refractivity contribution is 7.13. The molecule has 2 nitrogen and oxygen atoms in total. The molecule has 3 rings (SSSR count). The van der Waals surface area contributed by atoms with Crippen molar-refractivity contribution in [3.05, 3.63) is 47.3 Å². The van der Waals surface area contributed by atoms with Crippen molar-refractivity contribution in [2.24, 2.45) is 0 Å². The molecule has 3 heteroatoms. The second-order valence-electron chi connectivity index (χ2n) is 4.18. The Morgan fingerprint density at radius 1 is 1.17 bits per heavy atom. The third-order valence-electron chi connectivity index (χ3n) is 3.00. The van der Waals surface area contributed by atoms with Crippen molar-refractivity contribution in [3.8, 4) is 16.3 Å². The first kappa shape index (κ1) is 11.2. The highest BCUT2D eigenvalue weighted by atomic mass is 32.1. The van der Waals surface area contributed by atoms with E-state index in [1.54, 1.807) is 18.4 Å². The van der Waals surface area contributed by atoms with Crippen LogP contribution in [0.3, 0.4) is 0 Å². The Labute approximate surface area is 110 Å².